The third-order valence-corrected chi connectivity index (χ3v) is 2.91. The van der Waals surface area contributed by atoms with E-state index in [0.29, 0.717) is 11.3 Å². The Kier molecular flexibility index (Phi) is 3.71. The number of hydrogen-bond donors (Lipinski definition) is 3. The Morgan fingerprint density at radius 3 is 2.26 bits per heavy atom. The van der Waals surface area contributed by atoms with Crippen LogP contribution in [0.2, 0.25) is 0 Å². The molecular formula is C15H16N2O2. The summed E-state index contributed by atoms with van der Waals surface area (Å²) in [5.74, 6) is -0.0348. The molecule has 0 fully saturated rings. The van der Waals surface area contributed by atoms with Crippen molar-refractivity contribution in [3.63, 3.8) is 0 Å². The van der Waals surface area contributed by atoms with Crippen LogP contribution >= 0.6 is 0 Å². The molecule has 4 heteroatoms. The van der Waals surface area contributed by atoms with Crippen LogP contribution in [0.15, 0.2) is 48.5 Å². The van der Waals surface area contributed by atoms with Gasteiger partial charge in [-0.25, -0.2) is 0 Å². The van der Waals surface area contributed by atoms with Crippen LogP contribution in [-0.4, -0.2) is 11.0 Å². The summed E-state index contributed by atoms with van der Waals surface area (Å²) in [7, 11) is 0. The van der Waals surface area contributed by atoms with Crippen molar-refractivity contribution in [2.45, 2.75) is 13.0 Å². The second-order valence-electron chi connectivity index (χ2n) is 4.41. The van der Waals surface area contributed by atoms with Crippen LogP contribution in [0, 0.1) is 0 Å². The lowest BCUT2D eigenvalue weighted by atomic mass is 10.1. The quantitative estimate of drug-likeness (QED) is 0.738. The zero-order chi connectivity index (χ0) is 13.8. The second-order valence-corrected chi connectivity index (χ2v) is 4.41. The lowest BCUT2D eigenvalue weighted by Gasteiger charge is -2.14. The number of nitrogens with one attached hydrogen (secondary N) is 1. The monoisotopic (exact) mass is 256 g/mol. The fraction of sp³-hybridized carbons (Fsp3) is 0.133. The number of benzene rings is 2. The molecule has 0 aliphatic heterocycles. The van der Waals surface area contributed by atoms with Gasteiger partial charge in [0.15, 0.2) is 0 Å². The molecule has 0 radical (unpaired) electrons. The largest absolute Gasteiger partial charge is 0.508 e. The molecule has 0 aromatic heterocycles. The van der Waals surface area contributed by atoms with E-state index in [1.165, 1.54) is 12.1 Å². The Balaban J connectivity index is 2.06. The number of nitrogens with two attached hydrogens (primary N) is 1. The van der Waals surface area contributed by atoms with Gasteiger partial charge in [-0.2, -0.15) is 0 Å². The summed E-state index contributed by atoms with van der Waals surface area (Å²) in [6, 6.07) is 13.4. The summed E-state index contributed by atoms with van der Waals surface area (Å²) < 4.78 is 0. The first-order valence-corrected chi connectivity index (χ1v) is 6.01. The number of phenols is 1. The van der Waals surface area contributed by atoms with Gasteiger partial charge < -0.3 is 16.2 Å². The predicted molar refractivity (Wildman–Crippen MR) is 74.8 cm³/mol. The first-order valence-electron chi connectivity index (χ1n) is 6.01. The molecule has 0 aliphatic carbocycles. The van der Waals surface area contributed by atoms with Crippen molar-refractivity contribution < 1.29 is 9.90 Å². The number of carbonyl (C=O) groups excluding carboxylic acids is 1. The zero-order valence-corrected chi connectivity index (χ0v) is 10.6. The number of phenolic OH excluding ortho intramolecular Hbond substituents is 1. The number of carbonyl (C=O) groups is 1. The van der Waals surface area contributed by atoms with Crippen molar-refractivity contribution >= 4 is 11.6 Å². The molecule has 1 amide bonds. The van der Waals surface area contributed by atoms with Gasteiger partial charge in [0.1, 0.15) is 5.75 Å². The van der Waals surface area contributed by atoms with E-state index in [0.717, 1.165) is 5.56 Å². The Labute approximate surface area is 111 Å². The molecule has 19 heavy (non-hydrogen) atoms. The van der Waals surface area contributed by atoms with E-state index in [1.807, 2.05) is 19.1 Å². The molecule has 4 N–H and O–H groups in total. The van der Waals surface area contributed by atoms with Crippen LogP contribution < -0.4 is 11.1 Å². The number of hydrogen-bond acceptors (Lipinski definition) is 3. The van der Waals surface area contributed by atoms with E-state index < -0.39 is 0 Å². The number of nitrogen functional groups attached to an aromatic ring is 1. The molecular weight excluding hydrogens is 240 g/mol. The van der Waals surface area contributed by atoms with Crippen LogP contribution in [-0.2, 0) is 0 Å². The van der Waals surface area contributed by atoms with Crippen molar-refractivity contribution in [3.05, 3.63) is 59.7 Å². The average Bonchev–Trinajstić information content (AvgIpc) is 2.40. The Morgan fingerprint density at radius 2 is 1.68 bits per heavy atom. The molecule has 1 atom stereocenters. The molecule has 0 bridgehead atoms. The minimum absolute atomic E-state index is 0.109. The van der Waals surface area contributed by atoms with Gasteiger partial charge in [0, 0.05) is 11.3 Å². The molecule has 2 aromatic carbocycles. The molecule has 1 unspecified atom stereocenters. The topological polar surface area (TPSA) is 75.3 Å². The smallest absolute Gasteiger partial charge is 0.251 e. The highest BCUT2D eigenvalue weighted by Crippen LogP contribution is 2.16. The molecule has 4 nitrogen and oxygen atoms in total. The third kappa shape index (κ3) is 3.25. The van der Waals surface area contributed by atoms with Gasteiger partial charge in [-0.1, -0.05) is 12.1 Å². The van der Waals surface area contributed by atoms with E-state index in [-0.39, 0.29) is 17.7 Å². The lowest BCUT2D eigenvalue weighted by molar-refractivity contribution is 0.0940. The lowest BCUT2D eigenvalue weighted by Crippen LogP contribution is -2.26. The van der Waals surface area contributed by atoms with Gasteiger partial charge in [-0.15, -0.1) is 0 Å². The van der Waals surface area contributed by atoms with Gasteiger partial charge in [-0.05, 0) is 48.9 Å². The summed E-state index contributed by atoms with van der Waals surface area (Å²) >= 11 is 0. The van der Waals surface area contributed by atoms with Crippen molar-refractivity contribution in [2.75, 3.05) is 5.73 Å². The molecule has 0 spiro atoms. The summed E-state index contributed by atoms with van der Waals surface area (Å²) in [6.45, 7) is 1.91. The van der Waals surface area contributed by atoms with E-state index >= 15 is 0 Å². The highest BCUT2D eigenvalue weighted by Gasteiger charge is 2.11. The van der Waals surface area contributed by atoms with Crippen LogP contribution in [0.25, 0.3) is 0 Å². The Hall–Kier alpha value is -2.49. The van der Waals surface area contributed by atoms with Crippen molar-refractivity contribution in [3.8, 4) is 5.75 Å². The van der Waals surface area contributed by atoms with E-state index in [2.05, 4.69) is 5.32 Å². The van der Waals surface area contributed by atoms with Crippen molar-refractivity contribution in [1.29, 1.82) is 0 Å². The molecule has 2 aromatic rings. The summed E-state index contributed by atoms with van der Waals surface area (Å²) in [5.41, 5.74) is 7.82. The van der Waals surface area contributed by atoms with Gasteiger partial charge >= 0.3 is 0 Å². The van der Waals surface area contributed by atoms with Crippen LogP contribution in [0.4, 0.5) is 5.69 Å². The van der Waals surface area contributed by atoms with E-state index in [1.54, 1.807) is 24.3 Å². The highest BCUT2D eigenvalue weighted by molar-refractivity contribution is 5.94. The minimum atomic E-state index is -0.177. The SMILES string of the molecule is CC(NC(=O)c1ccc(O)cc1)c1ccc(N)cc1. The summed E-state index contributed by atoms with van der Waals surface area (Å²) in [5, 5.41) is 12.1. The Morgan fingerprint density at radius 1 is 1.11 bits per heavy atom. The molecule has 2 rings (SSSR count). The predicted octanol–water partition coefficient (Wildman–Crippen LogP) is 2.47. The van der Waals surface area contributed by atoms with Gasteiger partial charge in [0.25, 0.3) is 5.91 Å². The molecule has 0 saturated carbocycles. The number of anilines is 1. The molecule has 0 aliphatic rings. The van der Waals surface area contributed by atoms with Gasteiger partial charge in [-0.3, -0.25) is 4.79 Å². The molecule has 0 heterocycles. The molecule has 0 saturated heterocycles. The first kappa shape index (κ1) is 13.0. The summed E-state index contributed by atoms with van der Waals surface area (Å²) in [6.07, 6.45) is 0. The van der Waals surface area contributed by atoms with Crippen molar-refractivity contribution in [2.24, 2.45) is 0 Å². The zero-order valence-electron chi connectivity index (χ0n) is 10.6. The van der Waals surface area contributed by atoms with Crippen LogP contribution in [0.5, 0.6) is 5.75 Å². The fourth-order valence-electron chi connectivity index (χ4n) is 1.76. The second kappa shape index (κ2) is 5.44. The van der Waals surface area contributed by atoms with Crippen LogP contribution in [0.1, 0.15) is 28.9 Å². The Bertz CT molecular complexity index is 562. The number of aromatic hydroxyl groups is 1. The van der Waals surface area contributed by atoms with E-state index in [9.17, 15) is 9.90 Å². The maximum atomic E-state index is 12.0. The number of rotatable bonds is 3. The third-order valence-electron chi connectivity index (χ3n) is 2.91. The first-order chi connectivity index (χ1) is 9.06. The fourth-order valence-corrected chi connectivity index (χ4v) is 1.76. The van der Waals surface area contributed by atoms with Crippen LogP contribution in [0.3, 0.4) is 0 Å². The normalized spacial score (nSPS) is 11.8. The maximum Gasteiger partial charge on any atom is 0.251 e. The average molecular weight is 256 g/mol. The number of amides is 1. The minimum Gasteiger partial charge on any atom is -0.508 e. The van der Waals surface area contributed by atoms with Gasteiger partial charge in [0.05, 0.1) is 6.04 Å². The van der Waals surface area contributed by atoms with Crippen molar-refractivity contribution in [1.82, 2.24) is 5.32 Å². The standard InChI is InChI=1S/C15H16N2O2/c1-10(11-2-6-13(16)7-3-11)17-15(19)12-4-8-14(18)9-5-12/h2-10,18H,16H2,1H3,(H,17,19). The summed E-state index contributed by atoms with van der Waals surface area (Å²) in [4.78, 5) is 12.0. The van der Waals surface area contributed by atoms with Gasteiger partial charge in [0.2, 0.25) is 0 Å². The maximum absolute atomic E-state index is 12.0. The highest BCUT2D eigenvalue weighted by atomic mass is 16.3. The molecule has 98 valence electrons. The van der Waals surface area contributed by atoms with E-state index in [4.69, 9.17) is 5.73 Å².